The zero-order valence-corrected chi connectivity index (χ0v) is 12.9. The van der Waals surface area contributed by atoms with Crippen LogP contribution in [-0.4, -0.2) is 16.1 Å². The minimum absolute atomic E-state index is 0.00374. The van der Waals surface area contributed by atoms with Gasteiger partial charge in [-0.3, -0.25) is 9.69 Å². The Labute approximate surface area is 137 Å². The highest BCUT2D eigenvalue weighted by atomic mass is 35.5. The van der Waals surface area contributed by atoms with Gasteiger partial charge in [-0.15, -0.1) is 0 Å². The van der Waals surface area contributed by atoms with Crippen molar-refractivity contribution in [2.24, 2.45) is 0 Å². The normalized spacial score (nSPS) is 16.2. The molecule has 1 aliphatic heterocycles. The molecule has 1 fully saturated rings. The van der Waals surface area contributed by atoms with Gasteiger partial charge in [0.05, 0.1) is 10.7 Å². The van der Waals surface area contributed by atoms with E-state index in [4.69, 9.17) is 23.8 Å². The first-order valence-electron chi connectivity index (χ1n) is 6.47. The van der Waals surface area contributed by atoms with E-state index >= 15 is 0 Å². The molecule has 1 aliphatic rings. The zero-order chi connectivity index (χ0) is 15.7. The maximum absolute atomic E-state index is 12.5. The minimum Gasteiger partial charge on any atom is -0.506 e. The van der Waals surface area contributed by atoms with Gasteiger partial charge in [-0.05, 0) is 48.1 Å². The molecule has 3 rings (SSSR count). The predicted octanol–water partition coefficient (Wildman–Crippen LogP) is 3.31. The largest absolute Gasteiger partial charge is 0.506 e. The zero-order valence-electron chi connectivity index (χ0n) is 11.3. The van der Waals surface area contributed by atoms with Gasteiger partial charge in [0.25, 0.3) is 5.91 Å². The Morgan fingerprint density at radius 3 is 2.59 bits per heavy atom. The average molecular weight is 331 g/mol. The summed E-state index contributed by atoms with van der Waals surface area (Å²) in [4.78, 5) is 13.9. The van der Waals surface area contributed by atoms with Crippen molar-refractivity contribution >= 4 is 46.6 Å². The lowest BCUT2D eigenvalue weighted by Gasteiger charge is -2.13. The van der Waals surface area contributed by atoms with Crippen LogP contribution in [0, 0.1) is 0 Å². The highest BCUT2D eigenvalue weighted by Crippen LogP contribution is 2.26. The number of hydrogen-bond donors (Lipinski definition) is 2. The number of amides is 1. The number of aromatic hydroxyl groups is 1. The van der Waals surface area contributed by atoms with Gasteiger partial charge in [0.2, 0.25) is 0 Å². The Morgan fingerprint density at radius 1 is 1.18 bits per heavy atom. The number of rotatable bonds is 2. The summed E-state index contributed by atoms with van der Waals surface area (Å²) in [5, 5.41) is 12.9. The third-order valence-electron chi connectivity index (χ3n) is 3.18. The molecule has 0 atom stereocenters. The lowest BCUT2D eigenvalue weighted by atomic mass is 10.2. The van der Waals surface area contributed by atoms with Crippen molar-refractivity contribution in [3.63, 3.8) is 0 Å². The van der Waals surface area contributed by atoms with E-state index in [-0.39, 0.29) is 16.7 Å². The van der Waals surface area contributed by atoms with Crippen molar-refractivity contribution < 1.29 is 9.90 Å². The number of phenolic OH excluding ortho intramolecular Hbond substituents is 1. The van der Waals surface area contributed by atoms with Crippen LogP contribution in [0.2, 0.25) is 5.02 Å². The molecule has 0 aliphatic carbocycles. The molecule has 0 radical (unpaired) electrons. The number of anilines is 1. The topological polar surface area (TPSA) is 52.6 Å². The van der Waals surface area contributed by atoms with Gasteiger partial charge in [-0.1, -0.05) is 35.9 Å². The molecule has 1 amide bonds. The van der Waals surface area contributed by atoms with E-state index in [2.05, 4.69) is 5.32 Å². The molecular formula is C16H11ClN2O2S. The van der Waals surface area contributed by atoms with Gasteiger partial charge in [-0.25, -0.2) is 0 Å². The molecule has 1 heterocycles. The fraction of sp³-hybridized carbons (Fsp3) is 0. The Kier molecular flexibility index (Phi) is 3.83. The molecule has 1 saturated heterocycles. The summed E-state index contributed by atoms with van der Waals surface area (Å²) in [5.41, 5.74) is 1.75. The second-order valence-corrected chi connectivity index (χ2v) is 5.47. The van der Waals surface area contributed by atoms with Gasteiger partial charge in [0.1, 0.15) is 11.4 Å². The molecule has 2 aromatic carbocycles. The van der Waals surface area contributed by atoms with Crippen LogP contribution < -0.4 is 10.2 Å². The van der Waals surface area contributed by atoms with Crippen LogP contribution in [0.3, 0.4) is 0 Å². The number of thiocarbonyl (C=S) groups is 1. The standard InChI is InChI=1S/C16H11ClN2O2S/c17-12-8-10(6-7-14(12)20)9-13-15(21)19(16(22)18-13)11-4-2-1-3-5-11/h1-9,20H,(H,18,22)/b13-9+. The predicted molar refractivity (Wildman–Crippen MR) is 90.8 cm³/mol. The second-order valence-electron chi connectivity index (χ2n) is 4.68. The monoisotopic (exact) mass is 330 g/mol. The van der Waals surface area contributed by atoms with Crippen molar-refractivity contribution in [1.29, 1.82) is 0 Å². The number of hydrogen-bond acceptors (Lipinski definition) is 3. The van der Waals surface area contributed by atoms with Gasteiger partial charge in [0.15, 0.2) is 5.11 Å². The number of nitrogens with zero attached hydrogens (tertiary/aromatic N) is 1. The SMILES string of the molecule is O=C1/C(=C\c2ccc(O)c(Cl)c2)NC(=S)N1c1ccccc1. The van der Waals surface area contributed by atoms with Crippen molar-refractivity contribution in [3.05, 3.63) is 64.8 Å². The third-order valence-corrected chi connectivity index (χ3v) is 3.76. The number of carbonyl (C=O) groups excluding carboxylic acids is 1. The smallest absolute Gasteiger partial charge is 0.281 e. The summed E-state index contributed by atoms with van der Waals surface area (Å²) in [5.74, 6) is -0.239. The van der Waals surface area contributed by atoms with E-state index in [1.165, 1.54) is 11.0 Å². The van der Waals surface area contributed by atoms with Crippen LogP contribution in [0.25, 0.3) is 6.08 Å². The molecular weight excluding hydrogens is 320 g/mol. The molecule has 22 heavy (non-hydrogen) atoms. The van der Waals surface area contributed by atoms with Crippen LogP contribution in [-0.2, 0) is 4.79 Å². The van der Waals surface area contributed by atoms with E-state index in [1.54, 1.807) is 18.2 Å². The first-order chi connectivity index (χ1) is 10.6. The fourth-order valence-corrected chi connectivity index (χ4v) is 2.61. The average Bonchev–Trinajstić information content (AvgIpc) is 2.78. The van der Waals surface area contributed by atoms with E-state index in [1.807, 2.05) is 30.3 Å². The van der Waals surface area contributed by atoms with Crippen LogP contribution in [0.4, 0.5) is 5.69 Å². The van der Waals surface area contributed by atoms with Crippen molar-refractivity contribution in [3.8, 4) is 5.75 Å². The molecule has 0 spiro atoms. The number of phenols is 1. The first-order valence-corrected chi connectivity index (χ1v) is 7.25. The summed E-state index contributed by atoms with van der Waals surface area (Å²) >= 11 is 11.1. The van der Waals surface area contributed by atoms with Gasteiger partial charge < -0.3 is 10.4 Å². The van der Waals surface area contributed by atoms with E-state index < -0.39 is 0 Å². The summed E-state index contributed by atoms with van der Waals surface area (Å²) in [6.07, 6.45) is 1.64. The highest BCUT2D eigenvalue weighted by Gasteiger charge is 2.31. The quantitative estimate of drug-likeness (QED) is 0.655. The molecule has 4 nitrogen and oxygen atoms in total. The lowest BCUT2D eigenvalue weighted by Crippen LogP contribution is -2.30. The van der Waals surface area contributed by atoms with Crippen molar-refractivity contribution in [2.75, 3.05) is 4.90 Å². The van der Waals surface area contributed by atoms with E-state index in [0.717, 1.165) is 0 Å². The summed E-state index contributed by atoms with van der Waals surface area (Å²) in [6, 6.07) is 13.9. The summed E-state index contributed by atoms with van der Waals surface area (Å²) in [6.45, 7) is 0. The Hall–Kier alpha value is -2.37. The third kappa shape index (κ3) is 2.68. The maximum Gasteiger partial charge on any atom is 0.281 e. The van der Waals surface area contributed by atoms with Gasteiger partial charge in [0, 0.05) is 0 Å². The molecule has 6 heteroatoms. The second kappa shape index (κ2) is 5.79. The van der Waals surface area contributed by atoms with Crippen LogP contribution in [0.15, 0.2) is 54.2 Å². The molecule has 2 N–H and O–H groups in total. The fourth-order valence-electron chi connectivity index (χ4n) is 2.13. The molecule has 0 aromatic heterocycles. The maximum atomic E-state index is 12.5. The Bertz CT molecular complexity index is 790. The highest BCUT2D eigenvalue weighted by molar-refractivity contribution is 7.80. The van der Waals surface area contributed by atoms with Crippen molar-refractivity contribution in [1.82, 2.24) is 5.32 Å². The number of carbonyl (C=O) groups is 1. The number of nitrogens with one attached hydrogen (secondary N) is 1. The minimum atomic E-state index is -0.236. The van der Waals surface area contributed by atoms with Gasteiger partial charge in [-0.2, -0.15) is 0 Å². The summed E-state index contributed by atoms with van der Waals surface area (Å²) < 4.78 is 0. The Morgan fingerprint density at radius 2 is 1.91 bits per heavy atom. The first kappa shape index (κ1) is 14.6. The van der Waals surface area contributed by atoms with Gasteiger partial charge >= 0.3 is 0 Å². The Balaban J connectivity index is 1.93. The van der Waals surface area contributed by atoms with Crippen LogP contribution in [0.5, 0.6) is 5.75 Å². The molecule has 0 saturated carbocycles. The van der Waals surface area contributed by atoms with E-state index in [0.29, 0.717) is 22.1 Å². The molecule has 2 aromatic rings. The molecule has 0 unspecified atom stereocenters. The molecule has 110 valence electrons. The number of halogens is 1. The number of para-hydroxylation sites is 1. The van der Waals surface area contributed by atoms with E-state index in [9.17, 15) is 9.90 Å². The molecule has 0 bridgehead atoms. The van der Waals surface area contributed by atoms with Crippen LogP contribution in [0.1, 0.15) is 5.56 Å². The summed E-state index contributed by atoms with van der Waals surface area (Å²) in [7, 11) is 0. The van der Waals surface area contributed by atoms with Crippen LogP contribution >= 0.6 is 23.8 Å². The van der Waals surface area contributed by atoms with Crippen molar-refractivity contribution in [2.45, 2.75) is 0 Å². The number of benzene rings is 2. The lowest BCUT2D eigenvalue weighted by molar-refractivity contribution is -0.113.